The average molecular weight is 340 g/mol. The first-order valence-electron chi connectivity index (χ1n) is 8.04. The molecule has 0 saturated carbocycles. The molecule has 0 radical (unpaired) electrons. The van der Waals surface area contributed by atoms with Crippen LogP contribution in [-0.4, -0.2) is 46.3 Å². The first kappa shape index (κ1) is 16.8. The number of anilines is 3. The van der Waals surface area contributed by atoms with Gasteiger partial charge in [-0.05, 0) is 38.6 Å². The molecule has 1 atom stereocenters. The SMILES string of the molecule is CN1CCCC1C(=O)Nc1nc(Nc2ccccc2)ncc1C(N)=O. The van der Waals surface area contributed by atoms with Crippen LogP contribution >= 0.6 is 0 Å². The van der Waals surface area contributed by atoms with Gasteiger partial charge < -0.3 is 16.4 Å². The summed E-state index contributed by atoms with van der Waals surface area (Å²) in [6.45, 7) is 0.866. The largest absolute Gasteiger partial charge is 0.365 e. The lowest BCUT2D eigenvalue weighted by Gasteiger charge is -2.19. The molecule has 0 spiro atoms. The van der Waals surface area contributed by atoms with E-state index in [4.69, 9.17) is 5.73 Å². The minimum Gasteiger partial charge on any atom is -0.365 e. The predicted molar refractivity (Wildman–Crippen MR) is 94.6 cm³/mol. The Hall–Kier alpha value is -3.00. The van der Waals surface area contributed by atoms with Crippen LogP contribution in [0.25, 0.3) is 0 Å². The maximum Gasteiger partial charge on any atom is 0.254 e. The monoisotopic (exact) mass is 340 g/mol. The number of primary amides is 1. The smallest absolute Gasteiger partial charge is 0.254 e. The van der Waals surface area contributed by atoms with Gasteiger partial charge in [0.05, 0.1) is 6.04 Å². The van der Waals surface area contributed by atoms with E-state index < -0.39 is 5.91 Å². The second-order valence-electron chi connectivity index (χ2n) is 5.94. The molecule has 0 aliphatic carbocycles. The van der Waals surface area contributed by atoms with Gasteiger partial charge in [-0.1, -0.05) is 18.2 Å². The highest BCUT2D eigenvalue weighted by Crippen LogP contribution is 2.20. The van der Waals surface area contributed by atoms with Crippen molar-refractivity contribution in [2.24, 2.45) is 5.73 Å². The van der Waals surface area contributed by atoms with Crippen LogP contribution in [0.3, 0.4) is 0 Å². The van der Waals surface area contributed by atoms with Gasteiger partial charge in [0.1, 0.15) is 5.56 Å². The third kappa shape index (κ3) is 3.92. The van der Waals surface area contributed by atoms with E-state index in [-0.39, 0.29) is 29.3 Å². The predicted octanol–water partition coefficient (Wildman–Crippen LogP) is 1.35. The lowest BCUT2D eigenvalue weighted by molar-refractivity contribution is -0.119. The number of benzene rings is 1. The van der Waals surface area contributed by atoms with E-state index >= 15 is 0 Å². The topological polar surface area (TPSA) is 113 Å². The van der Waals surface area contributed by atoms with Crippen LogP contribution in [0.15, 0.2) is 36.5 Å². The summed E-state index contributed by atoms with van der Waals surface area (Å²) in [5.41, 5.74) is 6.24. The number of hydrogen-bond donors (Lipinski definition) is 3. The first-order valence-corrected chi connectivity index (χ1v) is 8.04. The molecule has 8 heteroatoms. The molecule has 4 N–H and O–H groups in total. The molecule has 1 aromatic heterocycles. The van der Waals surface area contributed by atoms with Crippen LogP contribution in [0, 0.1) is 0 Å². The minimum atomic E-state index is -0.693. The number of nitrogens with zero attached hydrogens (tertiary/aromatic N) is 3. The Morgan fingerprint density at radius 3 is 2.68 bits per heavy atom. The summed E-state index contributed by atoms with van der Waals surface area (Å²) in [7, 11) is 1.90. The standard InChI is InChI=1S/C17H20N6O2/c1-23-9-5-8-13(23)16(25)21-15-12(14(18)24)10-19-17(22-15)20-11-6-3-2-4-7-11/h2-4,6-7,10,13H,5,8-9H2,1H3,(H2,18,24)(H2,19,20,21,22,25). The van der Waals surface area contributed by atoms with Gasteiger partial charge in [-0.2, -0.15) is 4.98 Å². The Morgan fingerprint density at radius 1 is 1.28 bits per heavy atom. The van der Waals surface area contributed by atoms with Crippen molar-refractivity contribution in [1.29, 1.82) is 0 Å². The van der Waals surface area contributed by atoms with Gasteiger partial charge >= 0.3 is 0 Å². The quantitative estimate of drug-likeness (QED) is 0.757. The molecule has 2 heterocycles. The highest BCUT2D eigenvalue weighted by molar-refractivity contribution is 6.03. The van der Waals surface area contributed by atoms with Gasteiger partial charge in [-0.25, -0.2) is 4.98 Å². The van der Waals surface area contributed by atoms with Crippen molar-refractivity contribution in [3.63, 3.8) is 0 Å². The highest BCUT2D eigenvalue weighted by Gasteiger charge is 2.29. The summed E-state index contributed by atoms with van der Waals surface area (Å²) >= 11 is 0. The van der Waals surface area contributed by atoms with Crippen molar-refractivity contribution < 1.29 is 9.59 Å². The van der Waals surface area contributed by atoms with Gasteiger partial charge in [0, 0.05) is 11.9 Å². The maximum absolute atomic E-state index is 12.5. The second-order valence-corrected chi connectivity index (χ2v) is 5.94. The molecular weight excluding hydrogens is 320 g/mol. The average Bonchev–Trinajstić information content (AvgIpc) is 3.02. The number of likely N-dealkylation sites (tertiary alicyclic amines) is 1. The zero-order chi connectivity index (χ0) is 17.8. The summed E-state index contributed by atoms with van der Waals surface area (Å²) in [4.78, 5) is 34.4. The normalized spacial score (nSPS) is 17.2. The third-order valence-electron chi connectivity index (χ3n) is 4.15. The lowest BCUT2D eigenvalue weighted by Crippen LogP contribution is -2.37. The van der Waals surface area contributed by atoms with E-state index in [9.17, 15) is 9.59 Å². The molecule has 1 aliphatic rings. The van der Waals surface area contributed by atoms with Crippen LogP contribution in [-0.2, 0) is 4.79 Å². The molecule has 3 rings (SSSR count). The molecule has 0 bridgehead atoms. The van der Waals surface area contributed by atoms with Gasteiger partial charge in [0.15, 0.2) is 5.82 Å². The Balaban J connectivity index is 1.83. The maximum atomic E-state index is 12.5. The van der Waals surface area contributed by atoms with Crippen molar-refractivity contribution in [3.05, 3.63) is 42.1 Å². The van der Waals surface area contributed by atoms with Gasteiger partial charge in [0.25, 0.3) is 5.91 Å². The minimum absolute atomic E-state index is 0.0765. The Labute approximate surface area is 145 Å². The molecule has 1 unspecified atom stereocenters. The number of para-hydroxylation sites is 1. The number of rotatable bonds is 5. The fourth-order valence-corrected chi connectivity index (χ4v) is 2.81. The van der Waals surface area contributed by atoms with Crippen LogP contribution in [0.4, 0.5) is 17.5 Å². The van der Waals surface area contributed by atoms with Crippen molar-refractivity contribution in [1.82, 2.24) is 14.9 Å². The first-order chi connectivity index (χ1) is 12.0. The molecule has 1 saturated heterocycles. The molecule has 8 nitrogen and oxygen atoms in total. The Morgan fingerprint density at radius 2 is 2.04 bits per heavy atom. The molecule has 1 fully saturated rings. The summed E-state index contributed by atoms with van der Waals surface area (Å²) in [5.74, 6) is -0.509. The van der Waals surface area contributed by atoms with Crippen molar-refractivity contribution in [2.45, 2.75) is 18.9 Å². The zero-order valence-electron chi connectivity index (χ0n) is 13.9. The molecule has 1 aromatic carbocycles. The summed E-state index contributed by atoms with van der Waals surface area (Å²) in [6.07, 6.45) is 3.05. The van der Waals surface area contributed by atoms with E-state index in [1.54, 1.807) is 0 Å². The number of nitrogens with two attached hydrogens (primary N) is 1. The number of aromatic nitrogens is 2. The molecule has 2 aromatic rings. The van der Waals surface area contributed by atoms with Gasteiger partial charge in [-0.3, -0.25) is 14.5 Å². The molecular formula is C17H20N6O2. The van der Waals surface area contributed by atoms with Crippen molar-refractivity contribution >= 4 is 29.3 Å². The van der Waals surface area contributed by atoms with E-state index in [1.807, 2.05) is 42.3 Å². The summed E-state index contributed by atoms with van der Waals surface area (Å²) in [6, 6.07) is 9.12. The number of hydrogen-bond acceptors (Lipinski definition) is 6. The van der Waals surface area contributed by atoms with E-state index in [1.165, 1.54) is 6.20 Å². The second kappa shape index (κ2) is 7.27. The molecule has 2 amide bonds. The van der Waals surface area contributed by atoms with E-state index in [2.05, 4.69) is 20.6 Å². The lowest BCUT2D eigenvalue weighted by atomic mass is 10.2. The third-order valence-corrected chi connectivity index (χ3v) is 4.15. The Kier molecular flexibility index (Phi) is 4.90. The number of carbonyl (C=O) groups is 2. The van der Waals surface area contributed by atoms with Gasteiger partial charge in [0.2, 0.25) is 11.9 Å². The fraction of sp³-hybridized carbons (Fsp3) is 0.294. The number of likely N-dealkylation sites (N-methyl/N-ethyl adjacent to an activating group) is 1. The Bertz CT molecular complexity index is 780. The summed E-state index contributed by atoms with van der Waals surface area (Å²) < 4.78 is 0. The van der Waals surface area contributed by atoms with Crippen LogP contribution in [0.5, 0.6) is 0 Å². The van der Waals surface area contributed by atoms with Crippen molar-refractivity contribution in [2.75, 3.05) is 24.2 Å². The zero-order valence-corrected chi connectivity index (χ0v) is 13.9. The van der Waals surface area contributed by atoms with E-state index in [0.717, 1.165) is 25.1 Å². The van der Waals surface area contributed by atoms with Crippen LogP contribution in [0.1, 0.15) is 23.2 Å². The number of amides is 2. The van der Waals surface area contributed by atoms with Crippen molar-refractivity contribution in [3.8, 4) is 0 Å². The molecule has 25 heavy (non-hydrogen) atoms. The highest BCUT2D eigenvalue weighted by atomic mass is 16.2. The molecule has 130 valence electrons. The van der Waals surface area contributed by atoms with Gasteiger partial charge in [-0.15, -0.1) is 0 Å². The number of carbonyl (C=O) groups excluding carboxylic acids is 2. The fourth-order valence-electron chi connectivity index (χ4n) is 2.81. The van der Waals surface area contributed by atoms with E-state index in [0.29, 0.717) is 0 Å². The summed E-state index contributed by atoms with van der Waals surface area (Å²) in [5, 5.41) is 5.74. The van der Waals surface area contributed by atoms with Crippen LogP contribution < -0.4 is 16.4 Å². The van der Waals surface area contributed by atoms with Crippen LogP contribution in [0.2, 0.25) is 0 Å². The molecule has 1 aliphatic heterocycles. The number of nitrogens with one attached hydrogen (secondary N) is 2.